The summed E-state index contributed by atoms with van der Waals surface area (Å²) in [6.45, 7) is 6.54. The molecule has 0 aromatic rings. The van der Waals surface area contributed by atoms with Crippen LogP contribution >= 0.6 is 7.82 Å². The Morgan fingerprint density at radius 3 is 0.909 bits per heavy atom. The second-order valence-electron chi connectivity index (χ2n) is 12.0. The standard InChI is InChI=1S/C36H70O.2K.H3O4P/c1-3-5-7-9-11-13-15-17-19-21-23-25-27-29-31-33-35-37-36-34-32-30-28-26-24-22-20-18-16-14-12-10-8-6-4-2;;;1-5(2,3)4/h17-20H,3-16,21-36H2,1-2H3;;;(H3,1,2,3,4)/q;2*+1;/p-2. The van der Waals surface area contributed by atoms with Gasteiger partial charge in [0.1, 0.15) is 0 Å². The van der Waals surface area contributed by atoms with E-state index in [-0.39, 0.29) is 103 Å². The molecular formula is C36H71K2O5P. The van der Waals surface area contributed by atoms with Gasteiger partial charge in [-0.1, -0.05) is 154 Å². The van der Waals surface area contributed by atoms with Gasteiger partial charge in [-0.25, -0.2) is 0 Å². The van der Waals surface area contributed by atoms with Gasteiger partial charge in [-0.15, -0.1) is 0 Å². The predicted molar refractivity (Wildman–Crippen MR) is 180 cm³/mol. The summed E-state index contributed by atoms with van der Waals surface area (Å²) in [4.78, 5) is 24.3. The molecule has 0 spiro atoms. The molecule has 0 heterocycles. The number of unbranched alkanes of at least 4 members (excludes halogenated alkanes) is 24. The maximum absolute atomic E-state index is 8.66. The van der Waals surface area contributed by atoms with E-state index in [1.807, 2.05) is 0 Å². The van der Waals surface area contributed by atoms with Crippen LogP contribution in [0, 0.1) is 0 Å². The van der Waals surface area contributed by atoms with Crippen molar-refractivity contribution in [1.29, 1.82) is 0 Å². The fraction of sp³-hybridized carbons (Fsp3) is 0.889. The van der Waals surface area contributed by atoms with Crippen molar-refractivity contribution in [2.75, 3.05) is 13.2 Å². The molecule has 8 heteroatoms. The second kappa shape index (κ2) is 47.9. The number of hydrogen-bond acceptors (Lipinski definition) is 4. The van der Waals surface area contributed by atoms with Crippen molar-refractivity contribution in [3.05, 3.63) is 24.3 Å². The van der Waals surface area contributed by atoms with Gasteiger partial charge < -0.3 is 24.0 Å². The Bertz CT molecular complexity index is 551. The molecule has 44 heavy (non-hydrogen) atoms. The maximum Gasteiger partial charge on any atom is 1.00 e. The topological polar surface area (TPSA) is 92.7 Å². The molecule has 0 aliphatic rings. The minimum absolute atomic E-state index is 0. The first kappa shape index (κ1) is 53.6. The van der Waals surface area contributed by atoms with E-state index in [1.54, 1.807) is 0 Å². The van der Waals surface area contributed by atoms with Crippen molar-refractivity contribution < 1.29 is 127 Å². The molecule has 0 fully saturated rings. The molecule has 0 radical (unpaired) electrons. The molecule has 0 saturated heterocycles. The molecule has 0 aliphatic carbocycles. The smallest absolute Gasteiger partial charge is 0.790 e. The van der Waals surface area contributed by atoms with Crippen molar-refractivity contribution in [2.45, 2.75) is 194 Å². The van der Waals surface area contributed by atoms with E-state index < -0.39 is 7.82 Å². The van der Waals surface area contributed by atoms with Crippen LogP contribution in [-0.2, 0) is 9.30 Å². The third-order valence-corrected chi connectivity index (χ3v) is 7.60. The van der Waals surface area contributed by atoms with E-state index >= 15 is 0 Å². The molecular weight excluding hydrogens is 622 g/mol. The van der Waals surface area contributed by atoms with E-state index in [2.05, 4.69) is 38.2 Å². The Kier molecular flexibility index (Phi) is 58.4. The molecule has 0 atom stereocenters. The third-order valence-electron chi connectivity index (χ3n) is 7.60. The summed E-state index contributed by atoms with van der Waals surface area (Å²) < 4.78 is 14.5. The Hall–Kier alpha value is 2.82. The van der Waals surface area contributed by atoms with Crippen molar-refractivity contribution in [3.8, 4) is 0 Å². The Morgan fingerprint density at radius 2 is 0.659 bits per heavy atom. The second-order valence-corrected chi connectivity index (χ2v) is 12.9. The van der Waals surface area contributed by atoms with Crippen LogP contribution in [-0.4, -0.2) is 18.1 Å². The molecule has 0 bridgehead atoms. The summed E-state index contributed by atoms with van der Waals surface area (Å²) in [6.07, 6.45) is 48.1. The molecule has 252 valence electrons. The normalized spacial score (nSPS) is 11.4. The van der Waals surface area contributed by atoms with Crippen molar-refractivity contribution in [2.24, 2.45) is 0 Å². The molecule has 5 nitrogen and oxygen atoms in total. The fourth-order valence-electron chi connectivity index (χ4n) is 5.01. The summed E-state index contributed by atoms with van der Waals surface area (Å²) in [7, 11) is -5.14. The summed E-state index contributed by atoms with van der Waals surface area (Å²) >= 11 is 0. The molecule has 0 rings (SSSR count). The van der Waals surface area contributed by atoms with Crippen LogP contribution in [0.25, 0.3) is 0 Å². The van der Waals surface area contributed by atoms with E-state index in [9.17, 15) is 0 Å². The van der Waals surface area contributed by atoms with Gasteiger partial charge in [0, 0.05) is 13.2 Å². The van der Waals surface area contributed by atoms with Gasteiger partial charge in [-0.3, -0.25) is 0 Å². The van der Waals surface area contributed by atoms with Gasteiger partial charge in [0.2, 0.25) is 0 Å². The van der Waals surface area contributed by atoms with Gasteiger partial charge in [0.15, 0.2) is 0 Å². The summed E-state index contributed by atoms with van der Waals surface area (Å²) in [5, 5.41) is 0. The molecule has 0 aliphatic heterocycles. The SMILES string of the molecule is CCCCCCCCC=CCCCCCCCCOCCCCCCCCC=CCCCCCCCC.O=P([O-])([O-])O.[K+].[K+]. The quantitative estimate of drug-likeness (QED) is 0.0469. The van der Waals surface area contributed by atoms with Gasteiger partial charge in [0.05, 0.1) is 7.82 Å². The number of ether oxygens (including phenoxy) is 1. The number of allylic oxidation sites excluding steroid dienone is 4. The van der Waals surface area contributed by atoms with Crippen LogP contribution in [0.4, 0.5) is 0 Å². The molecule has 1 N–H and O–H groups in total. The first-order valence-electron chi connectivity index (χ1n) is 18.0. The van der Waals surface area contributed by atoms with Crippen LogP contribution in [0.1, 0.15) is 194 Å². The fourth-order valence-corrected chi connectivity index (χ4v) is 5.01. The summed E-state index contributed by atoms with van der Waals surface area (Å²) in [6, 6.07) is 0. The van der Waals surface area contributed by atoms with Crippen molar-refractivity contribution >= 4 is 7.82 Å². The van der Waals surface area contributed by atoms with Crippen LogP contribution in [0.2, 0.25) is 0 Å². The Balaban J connectivity index is -0.00000105. The predicted octanol–water partition coefficient (Wildman–Crippen LogP) is 4.89. The van der Waals surface area contributed by atoms with Crippen LogP contribution in [0.15, 0.2) is 24.3 Å². The zero-order valence-corrected chi connectivity index (χ0v) is 37.2. The zero-order chi connectivity index (χ0) is 31.2. The molecule has 0 aromatic carbocycles. The average molecular weight is 693 g/mol. The minimum atomic E-state index is -5.14. The van der Waals surface area contributed by atoms with Gasteiger partial charge in [-0.2, -0.15) is 0 Å². The molecule has 0 aromatic heterocycles. The first-order chi connectivity index (χ1) is 20.4. The van der Waals surface area contributed by atoms with E-state index in [4.69, 9.17) is 24.0 Å². The van der Waals surface area contributed by atoms with E-state index in [1.165, 1.54) is 180 Å². The molecule has 0 amide bonds. The van der Waals surface area contributed by atoms with Crippen LogP contribution in [0.3, 0.4) is 0 Å². The van der Waals surface area contributed by atoms with Crippen molar-refractivity contribution in [3.63, 3.8) is 0 Å². The largest absolute Gasteiger partial charge is 1.00 e. The Morgan fingerprint density at radius 1 is 0.455 bits per heavy atom. The summed E-state index contributed by atoms with van der Waals surface area (Å²) in [5.74, 6) is 0. The maximum atomic E-state index is 8.66. The van der Waals surface area contributed by atoms with Gasteiger partial charge in [-0.05, 0) is 64.2 Å². The Labute approximate surface area is 360 Å². The summed E-state index contributed by atoms with van der Waals surface area (Å²) in [5.41, 5.74) is 0. The molecule has 0 saturated carbocycles. The number of rotatable bonds is 32. The third kappa shape index (κ3) is 63.5. The number of hydrogen-bond donors (Lipinski definition) is 1. The van der Waals surface area contributed by atoms with Crippen LogP contribution in [0.5, 0.6) is 0 Å². The zero-order valence-electron chi connectivity index (χ0n) is 30.1. The monoisotopic (exact) mass is 692 g/mol. The van der Waals surface area contributed by atoms with Gasteiger partial charge >= 0.3 is 103 Å². The van der Waals surface area contributed by atoms with E-state index in [0.717, 1.165) is 13.2 Å². The van der Waals surface area contributed by atoms with Crippen LogP contribution < -0.4 is 113 Å². The first-order valence-corrected chi connectivity index (χ1v) is 19.5. The minimum Gasteiger partial charge on any atom is -0.790 e. The van der Waals surface area contributed by atoms with E-state index in [0.29, 0.717) is 0 Å². The molecule has 0 unspecified atom stereocenters. The number of phosphoric acid groups is 1. The average Bonchev–Trinajstić information content (AvgIpc) is 2.94. The van der Waals surface area contributed by atoms with Gasteiger partial charge in [0.25, 0.3) is 0 Å². The van der Waals surface area contributed by atoms with Crippen molar-refractivity contribution in [1.82, 2.24) is 0 Å².